The second-order valence-corrected chi connectivity index (χ2v) is 14.4. The number of carbonyl (C=O) groups excluding carboxylic acids is 1. The molecule has 0 unspecified atom stereocenters. The molecule has 264 valence electrons. The molecule has 2 heterocycles. The highest BCUT2D eigenvalue weighted by Gasteiger charge is 2.21. The van der Waals surface area contributed by atoms with Crippen LogP contribution in [0, 0.1) is 0 Å². The van der Waals surface area contributed by atoms with Crippen LogP contribution in [0.4, 0.5) is 22.7 Å². The Morgan fingerprint density at radius 2 is 0.922 bits per heavy atom. The van der Waals surface area contributed by atoms with Crippen molar-refractivity contribution in [2.75, 3.05) is 63.7 Å². The van der Waals surface area contributed by atoms with Crippen LogP contribution in [0.5, 0.6) is 0 Å². The first-order valence-electron chi connectivity index (χ1n) is 18.4. The van der Waals surface area contributed by atoms with E-state index in [-0.39, 0.29) is 5.78 Å². The lowest BCUT2D eigenvalue weighted by Gasteiger charge is -2.28. The lowest BCUT2D eigenvalue weighted by atomic mass is 10.0. The van der Waals surface area contributed by atoms with Crippen LogP contribution >= 0.6 is 11.6 Å². The number of nitrogens with zero attached hydrogens (tertiary/aromatic N) is 4. The van der Waals surface area contributed by atoms with E-state index in [0.29, 0.717) is 17.1 Å². The summed E-state index contributed by atoms with van der Waals surface area (Å²) in [6.07, 6.45) is 6.57. The molecule has 0 bridgehead atoms. The molecule has 0 saturated heterocycles. The number of rotatable bonds is 11. The van der Waals surface area contributed by atoms with Gasteiger partial charge in [-0.25, -0.2) is 0 Å². The van der Waals surface area contributed by atoms with Crippen LogP contribution in [0.15, 0.2) is 121 Å². The van der Waals surface area contributed by atoms with Crippen molar-refractivity contribution in [1.82, 2.24) is 9.80 Å². The molecule has 5 aromatic carbocycles. The molecular weight excluding hydrogens is 648 g/mol. The van der Waals surface area contributed by atoms with Crippen molar-refractivity contribution in [2.45, 2.75) is 38.5 Å². The summed E-state index contributed by atoms with van der Waals surface area (Å²) >= 11 is 5.92. The van der Waals surface area contributed by atoms with Gasteiger partial charge in [-0.05, 0) is 137 Å². The summed E-state index contributed by atoms with van der Waals surface area (Å²) in [7, 11) is 6.30. The Hall–Kier alpha value is -4.42. The highest BCUT2D eigenvalue weighted by molar-refractivity contribution is 6.30. The lowest BCUT2D eigenvalue weighted by molar-refractivity contribution is 0.0946. The zero-order valence-electron chi connectivity index (χ0n) is 30.4. The minimum Gasteiger partial charge on any atom is -0.341 e. The predicted molar refractivity (Wildman–Crippen MR) is 216 cm³/mol. The molecular formula is C45H51ClN4O. The van der Waals surface area contributed by atoms with Crippen molar-refractivity contribution < 1.29 is 4.79 Å². The number of halogens is 1. The summed E-state index contributed by atoms with van der Waals surface area (Å²) in [6.45, 7) is 4.40. The number of aryl methyl sites for hydroxylation is 4. The quantitative estimate of drug-likeness (QED) is 0.128. The van der Waals surface area contributed by atoms with Gasteiger partial charge in [-0.2, -0.15) is 0 Å². The molecule has 2 aliphatic heterocycles. The molecule has 5 aromatic rings. The fourth-order valence-corrected chi connectivity index (χ4v) is 7.44. The van der Waals surface area contributed by atoms with Crippen LogP contribution in [-0.2, 0) is 25.7 Å². The fourth-order valence-electron chi connectivity index (χ4n) is 7.32. The van der Waals surface area contributed by atoms with Gasteiger partial charge >= 0.3 is 0 Å². The van der Waals surface area contributed by atoms with Crippen LogP contribution in [0.2, 0.25) is 5.02 Å². The van der Waals surface area contributed by atoms with E-state index >= 15 is 0 Å². The minimum atomic E-state index is 0.125. The van der Waals surface area contributed by atoms with Crippen molar-refractivity contribution >= 4 is 40.1 Å². The first kappa shape index (κ1) is 36.4. The third kappa shape index (κ3) is 9.48. The number of Topliss-reactive ketones (excluding diaryl/α,β-unsaturated/α-hetero) is 1. The zero-order valence-corrected chi connectivity index (χ0v) is 31.2. The van der Waals surface area contributed by atoms with E-state index in [1.165, 1.54) is 51.4 Å². The molecule has 2 aliphatic rings. The number of hydrogen-bond donors (Lipinski definition) is 0. The standard InChI is InChI=1S/C26H27ClN2O.C19H24N2/c1-28(19-26(30)22-13-15-23(27)16-14-22)17-6-18-29-24-9-4-2-7-20(24)11-12-21-8-3-5-10-25(21)29;1-20(2)14-7-15-21-18-10-5-3-8-16(18)12-13-17-9-4-6-11-19(17)21/h2-5,7-10,13-16H,6,11-12,17-19H2,1H3;3-6,8-11H,7,12-15H2,1-2H3. The Kier molecular flexibility index (Phi) is 12.6. The highest BCUT2D eigenvalue weighted by Crippen LogP contribution is 2.37. The van der Waals surface area contributed by atoms with E-state index in [0.717, 1.165) is 58.3 Å². The number of anilines is 4. The fraction of sp³-hybridized carbons (Fsp3) is 0.311. The highest BCUT2D eigenvalue weighted by atomic mass is 35.5. The van der Waals surface area contributed by atoms with E-state index in [2.05, 4.69) is 131 Å². The topological polar surface area (TPSA) is 30.0 Å². The smallest absolute Gasteiger partial charge is 0.176 e. The van der Waals surface area contributed by atoms with Gasteiger partial charge in [0.05, 0.1) is 6.54 Å². The van der Waals surface area contributed by atoms with Crippen LogP contribution < -0.4 is 9.80 Å². The summed E-state index contributed by atoms with van der Waals surface area (Å²) in [5.74, 6) is 0.125. The normalized spacial score (nSPS) is 13.3. The third-order valence-electron chi connectivity index (χ3n) is 9.95. The summed E-state index contributed by atoms with van der Waals surface area (Å²) in [5, 5.41) is 0.651. The molecule has 0 fully saturated rings. The van der Waals surface area contributed by atoms with E-state index in [4.69, 9.17) is 11.6 Å². The Labute approximate surface area is 310 Å². The number of benzene rings is 5. The van der Waals surface area contributed by atoms with Gasteiger partial charge in [0.25, 0.3) is 0 Å². The first-order valence-corrected chi connectivity index (χ1v) is 18.7. The van der Waals surface area contributed by atoms with E-state index < -0.39 is 0 Å². The molecule has 0 atom stereocenters. The second kappa shape index (κ2) is 17.7. The van der Waals surface area contributed by atoms with Crippen molar-refractivity contribution in [3.63, 3.8) is 0 Å². The molecule has 0 aliphatic carbocycles. The Morgan fingerprint density at radius 3 is 1.31 bits per heavy atom. The number of carbonyl (C=O) groups is 1. The molecule has 0 saturated carbocycles. The van der Waals surface area contributed by atoms with Crippen LogP contribution in [0.3, 0.4) is 0 Å². The van der Waals surface area contributed by atoms with Gasteiger partial charge in [0.2, 0.25) is 0 Å². The maximum absolute atomic E-state index is 12.5. The summed E-state index contributed by atoms with van der Waals surface area (Å²) in [6, 6.07) is 42.3. The number of fused-ring (bicyclic) bond motifs is 4. The SMILES string of the molecule is CN(C)CCCN1c2ccccc2CCc2ccccc21.CN(CCCN1c2ccccc2CCc2ccccc21)CC(=O)c1ccc(Cl)cc1. The number of ketones is 1. The average Bonchev–Trinajstić information content (AvgIpc) is 3.40. The first-order chi connectivity index (χ1) is 24.9. The van der Waals surface area contributed by atoms with Crippen LogP contribution in [0.25, 0.3) is 0 Å². The van der Waals surface area contributed by atoms with Gasteiger partial charge in [-0.15, -0.1) is 0 Å². The predicted octanol–water partition coefficient (Wildman–Crippen LogP) is 9.66. The Balaban J connectivity index is 0.000000187. The van der Waals surface area contributed by atoms with Crippen LogP contribution in [0.1, 0.15) is 45.5 Å². The summed E-state index contributed by atoms with van der Waals surface area (Å²) in [4.78, 5) is 21.8. The van der Waals surface area contributed by atoms with Gasteiger partial charge < -0.3 is 14.7 Å². The van der Waals surface area contributed by atoms with Crippen molar-refractivity contribution in [3.05, 3.63) is 154 Å². The van der Waals surface area contributed by atoms with Crippen molar-refractivity contribution in [1.29, 1.82) is 0 Å². The van der Waals surface area contributed by atoms with Gasteiger partial charge in [-0.1, -0.05) is 84.4 Å². The van der Waals surface area contributed by atoms with Crippen LogP contribution in [-0.4, -0.2) is 69.4 Å². The Bertz CT molecular complexity index is 1790. The van der Waals surface area contributed by atoms with Gasteiger partial charge in [-0.3, -0.25) is 9.69 Å². The second-order valence-electron chi connectivity index (χ2n) is 14.0. The molecule has 51 heavy (non-hydrogen) atoms. The van der Waals surface area contributed by atoms with Gasteiger partial charge in [0.15, 0.2) is 5.78 Å². The number of likely N-dealkylation sites (N-methyl/N-ethyl adjacent to an activating group) is 1. The van der Waals surface area contributed by atoms with E-state index in [1.807, 2.05) is 7.05 Å². The third-order valence-corrected chi connectivity index (χ3v) is 10.2. The molecule has 5 nitrogen and oxygen atoms in total. The van der Waals surface area contributed by atoms with E-state index in [9.17, 15) is 4.79 Å². The number of para-hydroxylation sites is 4. The van der Waals surface area contributed by atoms with Crippen molar-refractivity contribution in [3.8, 4) is 0 Å². The Morgan fingerprint density at radius 1 is 0.549 bits per heavy atom. The monoisotopic (exact) mass is 698 g/mol. The maximum atomic E-state index is 12.5. The molecule has 0 radical (unpaired) electrons. The summed E-state index contributed by atoms with van der Waals surface area (Å²) in [5.41, 5.74) is 11.9. The molecule has 0 spiro atoms. The largest absolute Gasteiger partial charge is 0.341 e. The van der Waals surface area contributed by atoms with E-state index in [1.54, 1.807) is 24.3 Å². The zero-order chi connectivity index (χ0) is 35.6. The van der Waals surface area contributed by atoms with Gasteiger partial charge in [0, 0.05) is 53.0 Å². The summed E-state index contributed by atoms with van der Waals surface area (Å²) < 4.78 is 0. The molecule has 0 amide bonds. The molecule has 0 aromatic heterocycles. The minimum absolute atomic E-state index is 0.125. The van der Waals surface area contributed by atoms with Gasteiger partial charge in [0.1, 0.15) is 0 Å². The molecule has 0 N–H and O–H groups in total. The average molecular weight is 699 g/mol. The molecule has 7 rings (SSSR count). The number of hydrogen-bond acceptors (Lipinski definition) is 5. The lowest BCUT2D eigenvalue weighted by Crippen LogP contribution is -2.29. The van der Waals surface area contributed by atoms with Crippen molar-refractivity contribution in [2.24, 2.45) is 0 Å². The molecule has 6 heteroatoms. The maximum Gasteiger partial charge on any atom is 0.176 e.